The van der Waals surface area contributed by atoms with Crippen LogP contribution in [0.15, 0.2) is 35.6 Å². The fraction of sp³-hybridized carbons (Fsp3) is 0.550. The third-order valence-electron chi connectivity index (χ3n) is 5.15. The first-order valence-electron chi connectivity index (χ1n) is 9.22. The average Bonchev–Trinajstić information content (AvgIpc) is 2.63. The lowest BCUT2D eigenvalue weighted by Gasteiger charge is -2.31. The number of anilines is 1. The molecule has 136 valence electrons. The van der Waals surface area contributed by atoms with Gasteiger partial charge in [0.15, 0.2) is 0 Å². The van der Waals surface area contributed by atoms with Crippen LogP contribution in [-0.4, -0.2) is 42.2 Å². The zero-order valence-corrected chi connectivity index (χ0v) is 15.0. The van der Waals surface area contributed by atoms with Gasteiger partial charge in [0.2, 0.25) is 0 Å². The third-order valence-corrected chi connectivity index (χ3v) is 5.15. The van der Waals surface area contributed by atoms with Crippen molar-refractivity contribution in [2.24, 2.45) is 5.92 Å². The lowest BCUT2D eigenvalue weighted by Crippen LogP contribution is -2.34. The highest BCUT2D eigenvalue weighted by atomic mass is 16.5. The highest BCUT2D eigenvalue weighted by molar-refractivity contribution is 6.04. The molecule has 5 heteroatoms. The Hall–Kier alpha value is -1.85. The first kappa shape index (κ1) is 18.0. The van der Waals surface area contributed by atoms with E-state index < -0.39 is 0 Å². The number of aliphatic hydroxyl groups excluding tert-OH is 1. The number of aliphatic hydroxyl groups is 1. The number of allylic oxidation sites excluding steroid dienone is 1. The molecule has 3 rings (SSSR count). The van der Waals surface area contributed by atoms with Gasteiger partial charge in [-0.1, -0.05) is 12.1 Å². The molecule has 1 aromatic rings. The van der Waals surface area contributed by atoms with Gasteiger partial charge in [0.05, 0.1) is 12.2 Å². The number of benzene rings is 1. The van der Waals surface area contributed by atoms with Gasteiger partial charge >= 0.3 is 0 Å². The number of hydrogen-bond donors (Lipinski definition) is 2. The summed E-state index contributed by atoms with van der Waals surface area (Å²) in [4.78, 5) is 14.9. The van der Waals surface area contributed by atoms with Crippen LogP contribution in [0.25, 0.3) is 0 Å². The fourth-order valence-corrected chi connectivity index (χ4v) is 3.55. The predicted molar refractivity (Wildman–Crippen MR) is 98.0 cm³/mol. The van der Waals surface area contributed by atoms with Crippen LogP contribution in [0.4, 0.5) is 5.69 Å². The zero-order valence-electron chi connectivity index (χ0n) is 15.0. The number of hydrogen-bond acceptors (Lipinski definition) is 4. The lowest BCUT2D eigenvalue weighted by molar-refractivity contribution is -0.113. The zero-order chi connectivity index (χ0) is 17.6. The fourth-order valence-electron chi connectivity index (χ4n) is 3.55. The Morgan fingerprint density at radius 1 is 1.36 bits per heavy atom. The van der Waals surface area contributed by atoms with Gasteiger partial charge < -0.3 is 15.2 Å². The Kier molecular flexibility index (Phi) is 6.10. The molecule has 0 spiro atoms. The SMILES string of the molecule is CC1=C(C(=O)Nc2cccc(CN3CCC(CO)CC3)c2)CCCO1. The third kappa shape index (κ3) is 4.83. The molecule has 0 aliphatic carbocycles. The molecule has 0 atom stereocenters. The number of piperidine rings is 1. The number of carbonyl (C=O) groups is 1. The number of likely N-dealkylation sites (tertiary alicyclic amines) is 1. The van der Waals surface area contributed by atoms with Gasteiger partial charge in [-0.2, -0.15) is 0 Å². The van der Waals surface area contributed by atoms with Crippen molar-refractivity contribution >= 4 is 11.6 Å². The van der Waals surface area contributed by atoms with Gasteiger partial charge in [0.25, 0.3) is 5.91 Å². The summed E-state index contributed by atoms with van der Waals surface area (Å²) >= 11 is 0. The summed E-state index contributed by atoms with van der Waals surface area (Å²) in [5, 5.41) is 12.2. The van der Waals surface area contributed by atoms with Crippen molar-refractivity contribution in [2.75, 3.05) is 31.6 Å². The van der Waals surface area contributed by atoms with Gasteiger partial charge in [-0.15, -0.1) is 0 Å². The summed E-state index contributed by atoms with van der Waals surface area (Å²) in [7, 11) is 0. The van der Waals surface area contributed by atoms with E-state index in [1.807, 2.05) is 19.1 Å². The number of carbonyl (C=O) groups excluding carboxylic acids is 1. The van der Waals surface area contributed by atoms with Crippen molar-refractivity contribution in [3.05, 3.63) is 41.2 Å². The first-order valence-corrected chi connectivity index (χ1v) is 9.22. The maximum Gasteiger partial charge on any atom is 0.254 e. The van der Waals surface area contributed by atoms with E-state index in [2.05, 4.69) is 22.3 Å². The predicted octanol–water partition coefficient (Wildman–Crippen LogP) is 2.91. The van der Waals surface area contributed by atoms with E-state index in [1.165, 1.54) is 5.56 Å². The highest BCUT2D eigenvalue weighted by Gasteiger charge is 2.20. The highest BCUT2D eigenvalue weighted by Crippen LogP contribution is 2.22. The molecule has 1 aromatic carbocycles. The molecule has 2 aliphatic rings. The Bertz CT molecular complexity index is 634. The van der Waals surface area contributed by atoms with Crippen LogP contribution < -0.4 is 5.32 Å². The molecule has 0 unspecified atom stereocenters. The molecule has 0 radical (unpaired) electrons. The van der Waals surface area contributed by atoms with E-state index in [1.54, 1.807) is 0 Å². The van der Waals surface area contributed by atoms with Crippen molar-refractivity contribution in [3.8, 4) is 0 Å². The summed E-state index contributed by atoms with van der Waals surface area (Å²) in [6.45, 7) is 5.78. The monoisotopic (exact) mass is 344 g/mol. The summed E-state index contributed by atoms with van der Waals surface area (Å²) in [5.74, 6) is 1.14. The minimum Gasteiger partial charge on any atom is -0.498 e. The van der Waals surface area contributed by atoms with Crippen LogP contribution in [0, 0.1) is 5.92 Å². The largest absolute Gasteiger partial charge is 0.498 e. The summed E-state index contributed by atoms with van der Waals surface area (Å²) in [5.41, 5.74) is 2.78. The topological polar surface area (TPSA) is 61.8 Å². The minimum absolute atomic E-state index is 0.0573. The van der Waals surface area contributed by atoms with Crippen molar-refractivity contribution in [1.29, 1.82) is 0 Å². The molecule has 2 N–H and O–H groups in total. The summed E-state index contributed by atoms with van der Waals surface area (Å²) in [6.07, 6.45) is 3.78. The molecule has 1 fully saturated rings. The molecule has 5 nitrogen and oxygen atoms in total. The number of rotatable bonds is 5. The molecule has 25 heavy (non-hydrogen) atoms. The van der Waals surface area contributed by atoms with Crippen molar-refractivity contribution in [3.63, 3.8) is 0 Å². The van der Waals surface area contributed by atoms with Crippen molar-refractivity contribution in [1.82, 2.24) is 4.90 Å². The van der Waals surface area contributed by atoms with Crippen LogP contribution in [-0.2, 0) is 16.1 Å². The maximum atomic E-state index is 12.5. The van der Waals surface area contributed by atoms with Gasteiger partial charge in [-0.25, -0.2) is 0 Å². The minimum atomic E-state index is -0.0573. The number of nitrogens with zero attached hydrogens (tertiary/aromatic N) is 1. The van der Waals surface area contributed by atoms with E-state index in [0.29, 0.717) is 19.1 Å². The van der Waals surface area contributed by atoms with Gasteiger partial charge in [-0.3, -0.25) is 9.69 Å². The molecule has 2 heterocycles. The maximum absolute atomic E-state index is 12.5. The van der Waals surface area contributed by atoms with Crippen LogP contribution >= 0.6 is 0 Å². The quantitative estimate of drug-likeness (QED) is 0.862. The van der Waals surface area contributed by atoms with E-state index in [-0.39, 0.29) is 5.91 Å². The van der Waals surface area contributed by atoms with Crippen LogP contribution in [0.5, 0.6) is 0 Å². The Labute approximate surface area is 149 Å². The molecular weight excluding hydrogens is 316 g/mol. The second-order valence-electron chi connectivity index (χ2n) is 7.04. The lowest BCUT2D eigenvalue weighted by atomic mass is 9.97. The van der Waals surface area contributed by atoms with E-state index in [4.69, 9.17) is 4.74 Å². The smallest absolute Gasteiger partial charge is 0.254 e. The second-order valence-corrected chi connectivity index (χ2v) is 7.04. The van der Waals surface area contributed by atoms with Crippen molar-refractivity contribution in [2.45, 2.75) is 39.2 Å². The van der Waals surface area contributed by atoms with Crippen LogP contribution in [0.3, 0.4) is 0 Å². The van der Waals surface area contributed by atoms with Crippen LogP contribution in [0.1, 0.15) is 38.2 Å². The van der Waals surface area contributed by atoms with Crippen molar-refractivity contribution < 1.29 is 14.6 Å². The van der Waals surface area contributed by atoms with Gasteiger partial charge in [0.1, 0.15) is 5.76 Å². The molecule has 2 aliphatic heterocycles. The number of nitrogens with one attached hydrogen (secondary N) is 1. The molecule has 0 bridgehead atoms. The normalized spacial score (nSPS) is 19.6. The number of ether oxygens (including phenoxy) is 1. The molecule has 1 amide bonds. The van der Waals surface area contributed by atoms with E-state index in [9.17, 15) is 9.90 Å². The van der Waals surface area contributed by atoms with E-state index >= 15 is 0 Å². The molecular formula is C20H28N2O3. The Balaban J connectivity index is 1.59. The molecule has 0 aromatic heterocycles. The first-order chi connectivity index (χ1) is 12.2. The summed E-state index contributed by atoms with van der Waals surface area (Å²) < 4.78 is 5.49. The second kappa shape index (κ2) is 8.50. The van der Waals surface area contributed by atoms with Crippen LogP contribution in [0.2, 0.25) is 0 Å². The average molecular weight is 344 g/mol. The number of amides is 1. The Morgan fingerprint density at radius 2 is 2.16 bits per heavy atom. The Morgan fingerprint density at radius 3 is 2.88 bits per heavy atom. The van der Waals surface area contributed by atoms with Gasteiger partial charge in [-0.05, 0) is 69.3 Å². The summed E-state index contributed by atoms with van der Waals surface area (Å²) in [6, 6.07) is 8.07. The van der Waals surface area contributed by atoms with E-state index in [0.717, 1.165) is 62.3 Å². The molecule has 1 saturated heterocycles. The van der Waals surface area contributed by atoms with Gasteiger partial charge in [0, 0.05) is 18.8 Å². The molecule has 0 saturated carbocycles. The standard InChI is InChI=1S/C20H28N2O3/c1-15-19(6-3-11-25-15)20(24)21-18-5-2-4-17(12-18)13-22-9-7-16(14-23)8-10-22/h2,4-5,12,16,23H,3,6-11,13-14H2,1H3,(H,21,24).